The van der Waals surface area contributed by atoms with Crippen LogP contribution in [0.2, 0.25) is 0 Å². The van der Waals surface area contributed by atoms with Gasteiger partial charge in [0.05, 0.1) is 0 Å². The van der Waals surface area contributed by atoms with E-state index in [0.29, 0.717) is 12.6 Å². The lowest BCUT2D eigenvalue weighted by atomic mass is 9.97. The highest BCUT2D eigenvalue weighted by molar-refractivity contribution is 5.38. The minimum atomic E-state index is 0.109. The Morgan fingerprint density at radius 3 is 2.56 bits per heavy atom. The van der Waals surface area contributed by atoms with Gasteiger partial charge in [0.15, 0.2) is 0 Å². The van der Waals surface area contributed by atoms with Gasteiger partial charge in [-0.1, -0.05) is 6.42 Å². The van der Waals surface area contributed by atoms with E-state index in [4.69, 9.17) is 5.73 Å². The van der Waals surface area contributed by atoms with E-state index < -0.39 is 0 Å². The van der Waals surface area contributed by atoms with Crippen LogP contribution in [0, 0.1) is 0 Å². The van der Waals surface area contributed by atoms with Crippen molar-refractivity contribution in [2.75, 3.05) is 13.1 Å². The van der Waals surface area contributed by atoms with Crippen molar-refractivity contribution in [1.29, 1.82) is 0 Å². The van der Waals surface area contributed by atoms with Crippen molar-refractivity contribution < 1.29 is 10.2 Å². The lowest BCUT2D eigenvalue weighted by Gasteiger charge is -2.39. The Hall–Kier alpha value is -1.26. The molecule has 0 aliphatic carbocycles. The molecule has 1 aliphatic heterocycles. The molecular weight excluding hydrogens is 228 g/mol. The summed E-state index contributed by atoms with van der Waals surface area (Å²) in [6.45, 7) is 3.79. The van der Waals surface area contributed by atoms with E-state index in [-0.39, 0.29) is 17.5 Å². The van der Waals surface area contributed by atoms with Crippen LogP contribution in [0.4, 0.5) is 0 Å². The van der Waals surface area contributed by atoms with E-state index in [0.717, 1.165) is 18.5 Å². The van der Waals surface area contributed by atoms with Crippen LogP contribution >= 0.6 is 0 Å². The molecule has 1 heterocycles. The van der Waals surface area contributed by atoms with Gasteiger partial charge in [0.2, 0.25) is 0 Å². The second-order valence-electron chi connectivity index (χ2n) is 5.08. The van der Waals surface area contributed by atoms with E-state index in [1.54, 1.807) is 12.1 Å². The summed E-state index contributed by atoms with van der Waals surface area (Å²) in [5, 5.41) is 19.1. The van der Waals surface area contributed by atoms with Gasteiger partial charge in [-0.2, -0.15) is 0 Å². The standard InChI is InChI=1S/C14H22N2O2/c1-10(11-6-13(17)8-14(18)7-11)16-5-3-2-4-12(16)9-15/h6-8,10,12,17-18H,2-5,9,15H2,1H3. The van der Waals surface area contributed by atoms with Crippen molar-refractivity contribution in [3.8, 4) is 11.5 Å². The topological polar surface area (TPSA) is 69.7 Å². The van der Waals surface area contributed by atoms with Crippen LogP contribution in [-0.4, -0.2) is 34.2 Å². The van der Waals surface area contributed by atoms with Crippen LogP contribution in [-0.2, 0) is 0 Å². The van der Waals surface area contributed by atoms with Crippen LogP contribution in [0.3, 0.4) is 0 Å². The molecule has 1 aromatic rings. The average molecular weight is 250 g/mol. The molecule has 0 amide bonds. The highest BCUT2D eigenvalue weighted by Crippen LogP contribution is 2.31. The number of phenols is 2. The number of nitrogens with zero attached hydrogens (tertiary/aromatic N) is 1. The zero-order valence-corrected chi connectivity index (χ0v) is 10.8. The summed E-state index contributed by atoms with van der Waals surface area (Å²) < 4.78 is 0. The minimum absolute atomic E-state index is 0.109. The predicted molar refractivity (Wildman–Crippen MR) is 71.6 cm³/mol. The molecule has 18 heavy (non-hydrogen) atoms. The second kappa shape index (κ2) is 5.59. The average Bonchev–Trinajstić information content (AvgIpc) is 2.36. The predicted octanol–water partition coefficient (Wildman–Crippen LogP) is 1.97. The van der Waals surface area contributed by atoms with E-state index in [1.165, 1.54) is 18.9 Å². The maximum absolute atomic E-state index is 9.56. The zero-order valence-electron chi connectivity index (χ0n) is 10.8. The molecule has 2 atom stereocenters. The molecule has 4 heteroatoms. The highest BCUT2D eigenvalue weighted by atomic mass is 16.3. The molecule has 0 spiro atoms. The van der Waals surface area contributed by atoms with Gasteiger partial charge in [0, 0.05) is 24.7 Å². The third kappa shape index (κ3) is 2.76. The van der Waals surface area contributed by atoms with Crippen LogP contribution in [0.5, 0.6) is 11.5 Å². The Balaban J connectivity index is 2.20. The number of aromatic hydroxyl groups is 2. The van der Waals surface area contributed by atoms with Crippen molar-refractivity contribution in [2.24, 2.45) is 5.73 Å². The van der Waals surface area contributed by atoms with Crippen LogP contribution < -0.4 is 5.73 Å². The fraction of sp³-hybridized carbons (Fsp3) is 0.571. The summed E-state index contributed by atoms with van der Waals surface area (Å²) in [5.74, 6) is 0.219. The molecule has 0 radical (unpaired) electrons. The molecule has 2 rings (SSSR count). The fourth-order valence-electron chi connectivity index (χ4n) is 2.84. The Labute approximate surface area is 108 Å². The molecule has 4 nitrogen and oxygen atoms in total. The summed E-state index contributed by atoms with van der Waals surface area (Å²) in [7, 11) is 0. The van der Waals surface area contributed by atoms with Crippen LogP contribution in [0.25, 0.3) is 0 Å². The largest absolute Gasteiger partial charge is 0.508 e. The van der Waals surface area contributed by atoms with Gasteiger partial charge < -0.3 is 15.9 Å². The van der Waals surface area contributed by atoms with Crippen molar-refractivity contribution in [3.63, 3.8) is 0 Å². The third-order valence-corrected chi connectivity index (χ3v) is 3.85. The van der Waals surface area contributed by atoms with Gasteiger partial charge in [-0.15, -0.1) is 0 Å². The van der Waals surface area contributed by atoms with Gasteiger partial charge in [-0.25, -0.2) is 0 Å². The van der Waals surface area contributed by atoms with Crippen molar-refractivity contribution in [2.45, 2.75) is 38.3 Å². The molecule has 0 bridgehead atoms. The third-order valence-electron chi connectivity index (χ3n) is 3.85. The monoisotopic (exact) mass is 250 g/mol. The first-order valence-electron chi connectivity index (χ1n) is 6.60. The molecular formula is C14H22N2O2. The van der Waals surface area contributed by atoms with Crippen molar-refractivity contribution in [1.82, 2.24) is 4.90 Å². The number of likely N-dealkylation sites (tertiary alicyclic amines) is 1. The Bertz CT molecular complexity index is 389. The number of benzene rings is 1. The second-order valence-corrected chi connectivity index (χ2v) is 5.08. The van der Waals surface area contributed by atoms with Gasteiger partial charge in [-0.3, -0.25) is 4.90 Å². The minimum Gasteiger partial charge on any atom is -0.508 e. The molecule has 1 aliphatic rings. The molecule has 0 saturated carbocycles. The number of hydrogen-bond acceptors (Lipinski definition) is 4. The summed E-state index contributed by atoms with van der Waals surface area (Å²) in [5.41, 5.74) is 6.77. The number of piperidine rings is 1. The van der Waals surface area contributed by atoms with E-state index in [1.807, 2.05) is 0 Å². The fourth-order valence-corrected chi connectivity index (χ4v) is 2.84. The number of nitrogens with two attached hydrogens (primary N) is 1. The first-order chi connectivity index (χ1) is 8.61. The summed E-state index contributed by atoms with van der Waals surface area (Å²) in [6.07, 6.45) is 3.55. The Morgan fingerprint density at radius 1 is 1.28 bits per heavy atom. The van der Waals surface area contributed by atoms with E-state index in [2.05, 4.69) is 11.8 Å². The molecule has 4 N–H and O–H groups in total. The molecule has 1 saturated heterocycles. The summed E-state index contributed by atoms with van der Waals surface area (Å²) >= 11 is 0. The summed E-state index contributed by atoms with van der Waals surface area (Å²) in [4.78, 5) is 2.37. The quantitative estimate of drug-likeness (QED) is 0.767. The van der Waals surface area contributed by atoms with E-state index >= 15 is 0 Å². The normalized spacial score (nSPS) is 22.9. The maximum Gasteiger partial charge on any atom is 0.119 e. The lowest BCUT2D eigenvalue weighted by Crippen LogP contribution is -2.45. The van der Waals surface area contributed by atoms with Crippen molar-refractivity contribution >= 4 is 0 Å². The first-order valence-corrected chi connectivity index (χ1v) is 6.60. The van der Waals surface area contributed by atoms with Gasteiger partial charge in [0.1, 0.15) is 11.5 Å². The summed E-state index contributed by atoms with van der Waals surface area (Å²) in [6, 6.07) is 5.35. The van der Waals surface area contributed by atoms with Gasteiger partial charge in [-0.05, 0) is 44.0 Å². The number of phenolic OH excluding ortho intramolecular Hbond substituents is 2. The first kappa shape index (κ1) is 13.2. The molecule has 1 aromatic carbocycles. The molecule has 2 unspecified atom stereocenters. The van der Waals surface area contributed by atoms with Gasteiger partial charge in [0.25, 0.3) is 0 Å². The number of hydrogen-bond donors (Lipinski definition) is 3. The van der Waals surface area contributed by atoms with Crippen molar-refractivity contribution in [3.05, 3.63) is 23.8 Å². The molecule has 1 fully saturated rings. The van der Waals surface area contributed by atoms with Crippen LogP contribution in [0.1, 0.15) is 37.8 Å². The Kier molecular flexibility index (Phi) is 4.09. The smallest absolute Gasteiger partial charge is 0.119 e. The zero-order chi connectivity index (χ0) is 13.1. The highest BCUT2D eigenvalue weighted by Gasteiger charge is 2.26. The van der Waals surface area contributed by atoms with E-state index in [9.17, 15) is 10.2 Å². The SMILES string of the molecule is CC(c1cc(O)cc(O)c1)N1CCCCC1CN. The molecule has 0 aromatic heterocycles. The maximum atomic E-state index is 9.56. The lowest BCUT2D eigenvalue weighted by molar-refractivity contribution is 0.107. The Morgan fingerprint density at radius 2 is 1.94 bits per heavy atom. The van der Waals surface area contributed by atoms with Crippen LogP contribution in [0.15, 0.2) is 18.2 Å². The number of rotatable bonds is 3. The van der Waals surface area contributed by atoms with Gasteiger partial charge >= 0.3 is 0 Å². The molecule has 100 valence electrons.